The van der Waals surface area contributed by atoms with Gasteiger partial charge in [0.1, 0.15) is 0 Å². The lowest BCUT2D eigenvalue weighted by molar-refractivity contribution is 0.0883. The number of hydrogen-bond acceptors (Lipinski definition) is 4. The predicted octanol–water partition coefficient (Wildman–Crippen LogP) is 1.35. The van der Waals surface area contributed by atoms with Crippen LogP contribution in [0.15, 0.2) is 6.07 Å². The molecule has 0 aliphatic heterocycles. The first kappa shape index (κ1) is 14.5. The number of carbonyl (C=O) groups is 1. The summed E-state index contributed by atoms with van der Waals surface area (Å²) in [5, 5.41) is 20.6. The molecule has 2 rings (SSSR count). The highest BCUT2D eigenvalue weighted by molar-refractivity contribution is 7.14. The number of carbonyl (C=O) groups excluding carboxylic acids is 1. The minimum absolute atomic E-state index is 0.194. The number of rotatable bonds is 5. The van der Waals surface area contributed by atoms with Crippen LogP contribution in [0.5, 0.6) is 0 Å². The van der Waals surface area contributed by atoms with Crippen LogP contribution in [0.3, 0.4) is 0 Å². The Bertz CT molecular complexity index is 440. The van der Waals surface area contributed by atoms with E-state index in [1.165, 1.54) is 23.3 Å². The van der Waals surface area contributed by atoms with Crippen molar-refractivity contribution in [3.05, 3.63) is 21.4 Å². The number of aliphatic hydroxyl groups is 2. The highest BCUT2D eigenvalue weighted by atomic mass is 32.1. The van der Waals surface area contributed by atoms with Crippen molar-refractivity contribution in [2.75, 3.05) is 13.2 Å². The fourth-order valence-electron chi connectivity index (χ4n) is 2.47. The molecule has 0 spiro atoms. The Kier molecular flexibility index (Phi) is 4.96. The number of fused-ring (bicyclic) bond motifs is 1. The van der Waals surface area contributed by atoms with Crippen molar-refractivity contribution in [3.63, 3.8) is 0 Å². The Morgan fingerprint density at radius 2 is 2.26 bits per heavy atom. The van der Waals surface area contributed by atoms with Crippen LogP contribution in [0, 0.1) is 5.92 Å². The lowest BCUT2D eigenvalue weighted by Crippen LogP contribution is -2.39. The summed E-state index contributed by atoms with van der Waals surface area (Å²) in [5.74, 6) is 0.543. The van der Waals surface area contributed by atoms with Crippen LogP contribution < -0.4 is 5.32 Å². The van der Waals surface area contributed by atoms with Crippen LogP contribution in [0.25, 0.3) is 0 Å². The van der Waals surface area contributed by atoms with Crippen molar-refractivity contribution < 1.29 is 15.0 Å². The van der Waals surface area contributed by atoms with E-state index >= 15 is 0 Å². The van der Waals surface area contributed by atoms with Crippen molar-refractivity contribution in [1.82, 2.24) is 5.32 Å². The van der Waals surface area contributed by atoms with E-state index in [0.717, 1.165) is 18.8 Å². The van der Waals surface area contributed by atoms with Gasteiger partial charge in [0.15, 0.2) is 0 Å². The molecule has 1 aliphatic carbocycles. The summed E-state index contributed by atoms with van der Waals surface area (Å²) < 4.78 is 0. The Morgan fingerprint density at radius 1 is 1.53 bits per heavy atom. The lowest BCUT2D eigenvalue weighted by atomic mass is 9.87. The number of aryl methyl sites for hydroxylation is 1. The van der Waals surface area contributed by atoms with E-state index in [1.807, 2.05) is 6.07 Å². The number of amides is 1. The standard InChI is InChI=1S/C14H21NO3S/c1-2-9-3-4-12-10(5-9)6-13(19-12)14(18)15-11(7-16)8-17/h6,9,11,16-17H,2-5,7-8H2,1H3,(H,15,18). The number of aliphatic hydroxyl groups excluding tert-OH is 2. The minimum Gasteiger partial charge on any atom is -0.394 e. The lowest BCUT2D eigenvalue weighted by Gasteiger charge is -2.19. The molecule has 3 N–H and O–H groups in total. The van der Waals surface area contributed by atoms with E-state index in [2.05, 4.69) is 12.2 Å². The largest absolute Gasteiger partial charge is 0.394 e. The van der Waals surface area contributed by atoms with E-state index in [4.69, 9.17) is 10.2 Å². The van der Waals surface area contributed by atoms with Crippen molar-refractivity contribution in [3.8, 4) is 0 Å². The second-order valence-electron chi connectivity index (χ2n) is 5.11. The molecule has 1 amide bonds. The van der Waals surface area contributed by atoms with E-state index in [-0.39, 0.29) is 19.1 Å². The molecule has 1 aromatic heterocycles. The normalized spacial score (nSPS) is 18.4. The first-order valence-corrected chi connectivity index (χ1v) is 7.63. The average Bonchev–Trinajstić information content (AvgIpc) is 2.87. The molecular weight excluding hydrogens is 262 g/mol. The summed E-state index contributed by atoms with van der Waals surface area (Å²) in [6, 6.07) is 1.40. The van der Waals surface area contributed by atoms with Crippen LogP contribution in [-0.4, -0.2) is 35.4 Å². The number of nitrogens with one attached hydrogen (secondary N) is 1. The zero-order chi connectivity index (χ0) is 13.8. The van der Waals surface area contributed by atoms with Gasteiger partial charge in [0.25, 0.3) is 5.91 Å². The maximum Gasteiger partial charge on any atom is 0.261 e. The van der Waals surface area contributed by atoms with Gasteiger partial charge < -0.3 is 15.5 Å². The fraction of sp³-hybridized carbons (Fsp3) is 0.643. The molecule has 0 saturated carbocycles. The number of hydrogen-bond donors (Lipinski definition) is 3. The molecule has 0 aromatic carbocycles. The molecule has 1 heterocycles. The molecule has 0 bridgehead atoms. The predicted molar refractivity (Wildman–Crippen MR) is 75.6 cm³/mol. The summed E-state index contributed by atoms with van der Waals surface area (Å²) in [7, 11) is 0. The molecule has 106 valence electrons. The average molecular weight is 283 g/mol. The van der Waals surface area contributed by atoms with Gasteiger partial charge in [0.05, 0.1) is 24.1 Å². The van der Waals surface area contributed by atoms with Gasteiger partial charge in [0, 0.05) is 4.88 Å². The molecule has 0 saturated heterocycles. The Hall–Kier alpha value is -0.910. The van der Waals surface area contributed by atoms with E-state index < -0.39 is 6.04 Å². The summed E-state index contributed by atoms with van der Waals surface area (Å²) in [5.41, 5.74) is 1.30. The van der Waals surface area contributed by atoms with Crippen molar-refractivity contribution >= 4 is 17.2 Å². The summed E-state index contributed by atoms with van der Waals surface area (Å²) >= 11 is 1.54. The van der Waals surface area contributed by atoms with Gasteiger partial charge in [-0.05, 0) is 36.8 Å². The number of thiophene rings is 1. The third kappa shape index (κ3) is 3.35. The van der Waals surface area contributed by atoms with Crippen LogP contribution in [-0.2, 0) is 12.8 Å². The quantitative estimate of drug-likeness (QED) is 0.764. The smallest absolute Gasteiger partial charge is 0.261 e. The SMILES string of the molecule is CCC1CCc2sc(C(=O)NC(CO)CO)cc2C1. The molecule has 1 unspecified atom stereocenters. The summed E-state index contributed by atoms with van der Waals surface area (Å²) in [6.07, 6.45) is 4.53. The highest BCUT2D eigenvalue weighted by Crippen LogP contribution is 2.33. The Morgan fingerprint density at radius 3 is 2.89 bits per heavy atom. The van der Waals surface area contributed by atoms with Crippen molar-refractivity contribution in [1.29, 1.82) is 0 Å². The van der Waals surface area contributed by atoms with Gasteiger partial charge in [-0.15, -0.1) is 11.3 Å². The van der Waals surface area contributed by atoms with Crippen molar-refractivity contribution in [2.45, 2.75) is 38.6 Å². The van der Waals surface area contributed by atoms with Gasteiger partial charge >= 0.3 is 0 Å². The molecule has 5 heteroatoms. The maximum absolute atomic E-state index is 12.0. The van der Waals surface area contributed by atoms with Crippen molar-refractivity contribution in [2.24, 2.45) is 5.92 Å². The molecule has 19 heavy (non-hydrogen) atoms. The monoisotopic (exact) mass is 283 g/mol. The second kappa shape index (κ2) is 6.50. The molecular formula is C14H21NO3S. The van der Waals surface area contributed by atoms with Crippen LogP contribution in [0.4, 0.5) is 0 Å². The Labute approximate surface area is 117 Å². The molecule has 1 aromatic rings. The van der Waals surface area contributed by atoms with Gasteiger partial charge in [-0.3, -0.25) is 4.79 Å². The molecule has 0 radical (unpaired) electrons. The van der Waals surface area contributed by atoms with E-state index in [1.54, 1.807) is 11.3 Å². The van der Waals surface area contributed by atoms with E-state index in [9.17, 15) is 4.79 Å². The highest BCUT2D eigenvalue weighted by Gasteiger charge is 2.22. The van der Waals surface area contributed by atoms with Gasteiger partial charge in [-0.25, -0.2) is 0 Å². The third-order valence-corrected chi connectivity index (χ3v) is 5.00. The zero-order valence-electron chi connectivity index (χ0n) is 11.2. The van der Waals surface area contributed by atoms with E-state index in [0.29, 0.717) is 4.88 Å². The van der Waals surface area contributed by atoms with Crippen LogP contribution >= 0.6 is 11.3 Å². The topological polar surface area (TPSA) is 69.6 Å². The van der Waals surface area contributed by atoms with Gasteiger partial charge in [-0.2, -0.15) is 0 Å². The van der Waals surface area contributed by atoms with Crippen LogP contribution in [0.1, 0.15) is 39.9 Å². The Balaban J connectivity index is 2.06. The molecule has 0 fully saturated rings. The summed E-state index contributed by atoms with van der Waals surface area (Å²) in [4.78, 5) is 14.0. The molecule has 4 nitrogen and oxygen atoms in total. The first-order valence-electron chi connectivity index (χ1n) is 6.82. The fourth-order valence-corrected chi connectivity index (χ4v) is 3.58. The zero-order valence-corrected chi connectivity index (χ0v) is 12.0. The third-order valence-electron chi connectivity index (χ3n) is 3.76. The second-order valence-corrected chi connectivity index (χ2v) is 6.25. The molecule has 1 atom stereocenters. The maximum atomic E-state index is 12.0. The van der Waals surface area contributed by atoms with Gasteiger partial charge in [0.2, 0.25) is 0 Å². The minimum atomic E-state index is -0.574. The summed E-state index contributed by atoms with van der Waals surface area (Å²) in [6.45, 7) is 1.72. The van der Waals surface area contributed by atoms with Gasteiger partial charge in [-0.1, -0.05) is 13.3 Å². The molecule has 1 aliphatic rings. The van der Waals surface area contributed by atoms with Crippen LogP contribution in [0.2, 0.25) is 0 Å². The first-order chi connectivity index (χ1) is 9.17.